The van der Waals surface area contributed by atoms with E-state index in [0.717, 1.165) is 12.8 Å². The van der Waals surface area contributed by atoms with Gasteiger partial charge in [0, 0.05) is 13.1 Å². The van der Waals surface area contributed by atoms with Gasteiger partial charge >= 0.3 is 0 Å². The molecule has 0 aliphatic rings. The average Bonchev–Trinajstić information content (AvgIpc) is 2.89. The first-order chi connectivity index (χ1) is 10.1. The minimum absolute atomic E-state index is 0.00330. The highest BCUT2D eigenvalue weighted by atomic mass is 32.2. The second-order valence-corrected chi connectivity index (χ2v) is 5.81. The van der Waals surface area contributed by atoms with Crippen molar-refractivity contribution < 1.29 is 4.79 Å². The van der Waals surface area contributed by atoms with Gasteiger partial charge in [-0.3, -0.25) is 4.79 Å². The van der Waals surface area contributed by atoms with Crippen molar-refractivity contribution in [2.24, 2.45) is 7.05 Å². The van der Waals surface area contributed by atoms with Crippen LogP contribution in [0, 0.1) is 0 Å². The summed E-state index contributed by atoms with van der Waals surface area (Å²) >= 11 is 1.33. The molecule has 1 aromatic heterocycles. The standard InChI is InChI=1S/C14H19N5OS/c1-11(8-9-12-6-4-3-5-7-12)15-13(20)10-21-14-16-17-18-19(14)2/h3-7,11H,8-10H2,1-2H3,(H,15,20)/t11-/m1/s1. The molecule has 7 heteroatoms. The number of benzene rings is 1. The zero-order valence-electron chi connectivity index (χ0n) is 12.2. The second kappa shape index (κ2) is 7.78. The van der Waals surface area contributed by atoms with Gasteiger partial charge in [0.2, 0.25) is 11.1 Å². The minimum Gasteiger partial charge on any atom is -0.353 e. The molecule has 0 aliphatic heterocycles. The largest absolute Gasteiger partial charge is 0.353 e. The smallest absolute Gasteiger partial charge is 0.230 e. The highest BCUT2D eigenvalue weighted by molar-refractivity contribution is 7.99. The molecule has 21 heavy (non-hydrogen) atoms. The summed E-state index contributed by atoms with van der Waals surface area (Å²) in [7, 11) is 1.75. The Hall–Kier alpha value is -1.89. The van der Waals surface area contributed by atoms with E-state index in [9.17, 15) is 4.79 Å². The lowest BCUT2D eigenvalue weighted by atomic mass is 10.1. The molecule has 1 atom stereocenters. The number of carbonyl (C=O) groups is 1. The van der Waals surface area contributed by atoms with E-state index >= 15 is 0 Å². The maximum atomic E-state index is 11.9. The normalized spacial score (nSPS) is 12.1. The third kappa shape index (κ3) is 5.18. The van der Waals surface area contributed by atoms with E-state index in [0.29, 0.717) is 10.9 Å². The van der Waals surface area contributed by atoms with Crippen LogP contribution in [-0.2, 0) is 18.3 Å². The number of thioether (sulfide) groups is 1. The number of nitrogens with one attached hydrogen (secondary N) is 1. The van der Waals surface area contributed by atoms with E-state index < -0.39 is 0 Å². The van der Waals surface area contributed by atoms with Crippen molar-refractivity contribution in [3.63, 3.8) is 0 Å². The fourth-order valence-corrected chi connectivity index (χ4v) is 2.55. The molecular weight excluding hydrogens is 286 g/mol. The highest BCUT2D eigenvalue weighted by Gasteiger charge is 2.10. The maximum Gasteiger partial charge on any atom is 0.230 e. The molecule has 1 N–H and O–H groups in total. The number of hydrogen-bond donors (Lipinski definition) is 1. The summed E-state index contributed by atoms with van der Waals surface area (Å²) in [6, 6.07) is 10.4. The Morgan fingerprint density at radius 2 is 2.14 bits per heavy atom. The highest BCUT2D eigenvalue weighted by Crippen LogP contribution is 2.11. The summed E-state index contributed by atoms with van der Waals surface area (Å²) in [4.78, 5) is 11.9. The number of carbonyl (C=O) groups excluding carboxylic acids is 1. The van der Waals surface area contributed by atoms with Crippen LogP contribution >= 0.6 is 11.8 Å². The first-order valence-corrected chi connectivity index (χ1v) is 7.82. The molecule has 0 aliphatic carbocycles. The van der Waals surface area contributed by atoms with Crippen molar-refractivity contribution in [3.05, 3.63) is 35.9 Å². The fraction of sp³-hybridized carbons (Fsp3) is 0.429. The molecule has 0 bridgehead atoms. The van der Waals surface area contributed by atoms with Gasteiger partial charge < -0.3 is 5.32 Å². The minimum atomic E-state index is 0.00330. The van der Waals surface area contributed by atoms with E-state index in [4.69, 9.17) is 0 Å². The van der Waals surface area contributed by atoms with Crippen LogP contribution < -0.4 is 5.32 Å². The van der Waals surface area contributed by atoms with E-state index in [-0.39, 0.29) is 11.9 Å². The molecule has 0 unspecified atom stereocenters. The van der Waals surface area contributed by atoms with Crippen molar-refractivity contribution in [3.8, 4) is 0 Å². The SMILES string of the molecule is C[C@H](CCc1ccccc1)NC(=O)CSc1nnnn1C. The number of rotatable bonds is 7. The number of tetrazole rings is 1. The van der Waals surface area contributed by atoms with Crippen LogP contribution in [0.3, 0.4) is 0 Å². The van der Waals surface area contributed by atoms with Crippen molar-refractivity contribution in [1.29, 1.82) is 0 Å². The summed E-state index contributed by atoms with van der Waals surface area (Å²) in [5.41, 5.74) is 1.29. The van der Waals surface area contributed by atoms with Crippen molar-refractivity contribution in [2.75, 3.05) is 5.75 Å². The predicted molar refractivity (Wildman–Crippen MR) is 81.9 cm³/mol. The molecule has 0 saturated carbocycles. The predicted octanol–water partition coefficient (Wildman–Crippen LogP) is 1.44. The Bertz CT molecular complexity index is 572. The molecular formula is C14H19N5OS. The van der Waals surface area contributed by atoms with Crippen molar-refractivity contribution >= 4 is 17.7 Å². The van der Waals surface area contributed by atoms with E-state index in [1.807, 2.05) is 25.1 Å². The average molecular weight is 305 g/mol. The molecule has 2 rings (SSSR count). The molecule has 0 spiro atoms. The molecule has 1 heterocycles. The lowest BCUT2D eigenvalue weighted by molar-refractivity contribution is -0.119. The Kier molecular flexibility index (Phi) is 5.74. The Labute approximate surface area is 128 Å². The summed E-state index contributed by atoms with van der Waals surface area (Å²) in [5.74, 6) is 0.327. The molecule has 112 valence electrons. The Morgan fingerprint density at radius 1 is 1.38 bits per heavy atom. The molecule has 0 radical (unpaired) electrons. The van der Waals surface area contributed by atoms with Crippen LogP contribution in [0.4, 0.5) is 0 Å². The van der Waals surface area contributed by atoms with Gasteiger partial charge in [-0.1, -0.05) is 42.1 Å². The number of amides is 1. The lowest BCUT2D eigenvalue weighted by Crippen LogP contribution is -2.34. The summed E-state index contributed by atoms with van der Waals surface area (Å²) in [5, 5.41) is 14.7. The number of hydrogen-bond acceptors (Lipinski definition) is 5. The van der Waals surface area contributed by atoms with Crippen LogP contribution in [0.1, 0.15) is 18.9 Å². The summed E-state index contributed by atoms with van der Waals surface area (Å²) in [6.45, 7) is 2.02. The van der Waals surface area contributed by atoms with E-state index in [1.54, 1.807) is 11.7 Å². The molecule has 1 aromatic carbocycles. The molecule has 6 nitrogen and oxygen atoms in total. The van der Waals surface area contributed by atoms with Crippen LogP contribution in [0.15, 0.2) is 35.5 Å². The number of aromatic nitrogens is 4. The van der Waals surface area contributed by atoms with Crippen LogP contribution in [0.5, 0.6) is 0 Å². The monoisotopic (exact) mass is 305 g/mol. The molecule has 1 amide bonds. The zero-order valence-corrected chi connectivity index (χ0v) is 13.0. The van der Waals surface area contributed by atoms with Crippen molar-refractivity contribution in [2.45, 2.75) is 31.0 Å². The first-order valence-electron chi connectivity index (χ1n) is 6.83. The topological polar surface area (TPSA) is 72.7 Å². The quantitative estimate of drug-likeness (QED) is 0.784. The molecule has 2 aromatic rings. The maximum absolute atomic E-state index is 11.9. The van der Waals surface area contributed by atoms with Gasteiger partial charge in [0.1, 0.15) is 0 Å². The Balaban J connectivity index is 1.68. The first kappa shape index (κ1) is 15.5. The van der Waals surface area contributed by atoms with Gasteiger partial charge in [-0.15, -0.1) is 5.10 Å². The lowest BCUT2D eigenvalue weighted by Gasteiger charge is -2.13. The van der Waals surface area contributed by atoms with Crippen LogP contribution in [-0.4, -0.2) is 37.9 Å². The zero-order chi connectivity index (χ0) is 15.1. The van der Waals surface area contributed by atoms with Gasteiger partial charge in [-0.25, -0.2) is 4.68 Å². The van der Waals surface area contributed by atoms with E-state index in [1.165, 1.54) is 17.3 Å². The Morgan fingerprint density at radius 3 is 2.81 bits per heavy atom. The van der Waals surface area contributed by atoms with Gasteiger partial charge in [0.25, 0.3) is 0 Å². The van der Waals surface area contributed by atoms with Gasteiger partial charge in [-0.05, 0) is 35.8 Å². The summed E-state index contributed by atoms with van der Waals surface area (Å²) in [6.07, 6.45) is 1.88. The summed E-state index contributed by atoms with van der Waals surface area (Å²) < 4.78 is 1.55. The number of nitrogens with zero attached hydrogens (tertiary/aromatic N) is 4. The van der Waals surface area contributed by atoms with E-state index in [2.05, 4.69) is 33.0 Å². The fourth-order valence-electron chi connectivity index (χ4n) is 1.89. The van der Waals surface area contributed by atoms with Gasteiger partial charge in [0.05, 0.1) is 5.75 Å². The van der Waals surface area contributed by atoms with Gasteiger partial charge in [0.15, 0.2) is 0 Å². The van der Waals surface area contributed by atoms with Crippen LogP contribution in [0.25, 0.3) is 0 Å². The van der Waals surface area contributed by atoms with Gasteiger partial charge in [-0.2, -0.15) is 0 Å². The van der Waals surface area contributed by atoms with Crippen LogP contribution in [0.2, 0.25) is 0 Å². The third-order valence-electron chi connectivity index (χ3n) is 3.03. The van der Waals surface area contributed by atoms with Crippen molar-refractivity contribution in [1.82, 2.24) is 25.5 Å². The molecule has 0 saturated heterocycles. The second-order valence-electron chi connectivity index (χ2n) is 4.87. The molecule has 0 fully saturated rings. The number of aryl methyl sites for hydroxylation is 2. The third-order valence-corrected chi connectivity index (χ3v) is 4.04.